The van der Waals surface area contributed by atoms with Gasteiger partial charge >= 0.3 is 5.97 Å². The highest BCUT2D eigenvalue weighted by Gasteiger charge is 2.15. The summed E-state index contributed by atoms with van der Waals surface area (Å²) in [5.41, 5.74) is 2.06. The van der Waals surface area contributed by atoms with Crippen LogP contribution in [0.25, 0.3) is 0 Å². The lowest BCUT2D eigenvalue weighted by molar-refractivity contribution is -0.142. The van der Waals surface area contributed by atoms with Crippen molar-refractivity contribution in [1.29, 1.82) is 0 Å². The molecule has 4 heteroatoms. The summed E-state index contributed by atoms with van der Waals surface area (Å²) >= 11 is 6.05. The number of hydrogen-bond acceptors (Lipinski definition) is 3. The molecule has 0 atom stereocenters. The van der Waals surface area contributed by atoms with E-state index in [0.29, 0.717) is 17.2 Å². The number of esters is 1. The highest BCUT2D eigenvalue weighted by atomic mass is 35.5. The Morgan fingerprint density at radius 3 is 2.69 bits per heavy atom. The zero-order chi connectivity index (χ0) is 12.3. The Morgan fingerprint density at radius 1 is 1.50 bits per heavy atom. The van der Waals surface area contributed by atoms with E-state index < -0.39 is 0 Å². The van der Waals surface area contributed by atoms with Crippen molar-refractivity contribution >= 4 is 17.6 Å². The first-order valence-electron chi connectivity index (χ1n) is 5.10. The Kier molecular flexibility index (Phi) is 4.19. The molecule has 0 saturated carbocycles. The van der Waals surface area contributed by atoms with E-state index in [4.69, 9.17) is 16.3 Å². The Bertz CT molecular complexity index is 413. The molecule has 0 bridgehead atoms. The second-order valence-electron chi connectivity index (χ2n) is 3.61. The molecule has 0 aliphatic carbocycles. The average Bonchev–Trinajstić information content (AvgIpc) is 2.22. The van der Waals surface area contributed by atoms with Gasteiger partial charge in [-0.25, -0.2) is 0 Å². The SMILES string of the molecule is CCOC(=O)Cc1c(O)cc(C)c(Cl)c1C. The maximum absolute atomic E-state index is 11.3. The van der Waals surface area contributed by atoms with Gasteiger partial charge in [0.2, 0.25) is 0 Å². The van der Waals surface area contributed by atoms with Gasteiger partial charge in [0.15, 0.2) is 0 Å². The summed E-state index contributed by atoms with van der Waals surface area (Å²) in [6.45, 7) is 5.66. The molecular weight excluding hydrogens is 228 g/mol. The third-order valence-electron chi connectivity index (χ3n) is 2.42. The van der Waals surface area contributed by atoms with Crippen molar-refractivity contribution in [1.82, 2.24) is 0 Å². The van der Waals surface area contributed by atoms with E-state index in [0.717, 1.165) is 11.1 Å². The molecule has 0 fully saturated rings. The van der Waals surface area contributed by atoms with Gasteiger partial charge in [0, 0.05) is 10.6 Å². The predicted octanol–water partition coefficient (Wildman–Crippen LogP) is 2.77. The van der Waals surface area contributed by atoms with Gasteiger partial charge in [-0.3, -0.25) is 4.79 Å². The van der Waals surface area contributed by atoms with Gasteiger partial charge < -0.3 is 9.84 Å². The first-order valence-corrected chi connectivity index (χ1v) is 5.48. The van der Waals surface area contributed by atoms with E-state index in [1.165, 1.54) is 0 Å². The molecule has 3 nitrogen and oxygen atoms in total. The number of phenolic OH excluding ortho intramolecular Hbond substituents is 1. The largest absolute Gasteiger partial charge is 0.508 e. The van der Waals surface area contributed by atoms with Crippen LogP contribution in [0.3, 0.4) is 0 Å². The van der Waals surface area contributed by atoms with Crippen molar-refractivity contribution in [2.45, 2.75) is 27.2 Å². The molecule has 16 heavy (non-hydrogen) atoms. The Hall–Kier alpha value is -1.22. The Morgan fingerprint density at radius 2 is 2.12 bits per heavy atom. The zero-order valence-electron chi connectivity index (χ0n) is 9.63. The van der Waals surface area contributed by atoms with Crippen LogP contribution in [0.2, 0.25) is 5.02 Å². The van der Waals surface area contributed by atoms with Crippen molar-refractivity contribution in [2.24, 2.45) is 0 Å². The van der Waals surface area contributed by atoms with Crippen LogP contribution in [0.4, 0.5) is 0 Å². The quantitative estimate of drug-likeness (QED) is 0.829. The standard InChI is InChI=1S/C12H15ClO3/c1-4-16-11(15)6-9-8(3)12(13)7(2)5-10(9)14/h5,14H,4,6H2,1-3H3. The highest BCUT2D eigenvalue weighted by Crippen LogP contribution is 2.31. The maximum Gasteiger partial charge on any atom is 0.310 e. The topological polar surface area (TPSA) is 46.5 Å². The van der Waals surface area contributed by atoms with Gasteiger partial charge in [0.25, 0.3) is 0 Å². The summed E-state index contributed by atoms with van der Waals surface area (Å²) in [6, 6.07) is 1.56. The van der Waals surface area contributed by atoms with Gasteiger partial charge in [-0.05, 0) is 38.0 Å². The molecule has 0 radical (unpaired) electrons. The molecule has 1 aromatic rings. The lowest BCUT2D eigenvalue weighted by Gasteiger charge is -2.11. The summed E-state index contributed by atoms with van der Waals surface area (Å²) in [4.78, 5) is 11.3. The predicted molar refractivity (Wildman–Crippen MR) is 62.9 cm³/mol. The van der Waals surface area contributed by atoms with Crippen LogP contribution in [-0.4, -0.2) is 17.7 Å². The van der Waals surface area contributed by atoms with Gasteiger partial charge in [-0.15, -0.1) is 0 Å². The molecule has 1 N–H and O–H groups in total. The van der Waals surface area contributed by atoms with Gasteiger partial charge in [-0.2, -0.15) is 0 Å². The second-order valence-corrected chi connectivity index (χ2v) is 3.99. The summed E-state index contributed by atoms with van der Waals surface area (Å²) in [6.07, 6.45) is 0.0471. The van der Waals surface area contributed by atoms with E-state index in [2.05, 4.69) is 0 Å². The molecule has 0 spiro atoms. The van der Waals surface area contributed by atoms with Crippen LogP contribution in [0.15, 0.2) is 6.07 Å². The normalized spacial score (nSPS) is 10.2. The Balaban J connectivity index is 3.05. The molecule has 0 aliphatic heterocycles. The van der Waals surface area contributed by atoms with Crippen LogP contribution in [0.1, 0.15) is 23.6 Å². The van der Waals surface area contributed by atoms with Crippen LogP contribution in [0, 0.1) is 13.8 Å². The minimum atomic E-state index is -0.360. The number of phenols is 1. The fraction of sp³-hybridized carbons (Fsp3) is 0.417. The first-order chi connectivity index (χ1) is 7.47. The van der Waals surface area contributed by atoms with E-state index in [9.17, 15) is 9.90 Å². The lowest BCUT2D eigenvalue weighted by atomic mass is 10.0. The third-order valence-corrected chi connectivity index (χ3v) is 3.00. The second kappa shape index (κ2) is 5.21. The van der Waals surface area contributed by atoms with Crippen LogP contribution >= 0.6 is 11.6 Å². The molecule has 0 aromatic heterocycles. The first kappa shape index (κ1) is 12.8. The van der Waals surface area contributed by atoms with Gasteiger partial charge in [0.1, 0.15) is 5.75 Å². The number of hydrogen-bond donors (Lipinski definition) is 1. The summed E-state index contributed by atoms with van der Waals surface area (Å²) in [7, 11) is 0. The van der Waals surface area contributed by atoms with Crippen molar-refractivity contribution in [2.75, 3.05) is 6.61 Å². The molecule has 1 rings (SSSR count). The number of halogens is 1. The van der Waals surface area contributed by atoms with Crippen LogP contribution < -0.4 is 0 Å². The average molecular weight is 243 g/mol. The summed E-state index contributed by atoms with van der Waals surface area (Å²) < 4.78 is 4.83. The number of ether oxygens (including phenoxy) is 1. The zero-order valence-corrected chi connectivity index (χ0v) is 10.4. The van der Waals surface area contributed by atoms with E-state index >= 15 is 0 Å². The maximum atomic E-state index is 11.3. The minimum absolute atomic E-state index is 0.0471. The third kappa shape index (κ3) is 2.67. The smallest absolute Gasteiger partial charge is 0.310 e. The molecule has 0 heterocycles. The number of aromatic hydroxyl groups is 1. The summed E-state index contributed by atoms with van der Waals surface area (Å²) in [5.74, 6) is -0.270. The van der Waals surface area contributed by atoms with Crippen molar-refractivity contribution in [3.8, 4) is 5.75 Å². The number of carbonyl (C=O) groups excluding carboxylic acids is 1. The molecule has 0 unspecified atom stereocenters. The minimum Gasteiger partial charge on any atom is -0.508 e. The van der Waals surface area contributed by atoms with Gasteiger partial charge in [0.05, 0.1) is 13.0 Å². The number of rotatable bonds is 3. The number of benzene rings is 1. The fourth-order valence-electron chi connectivity index (χ4n) is 1.56. The van der Waals surface area contributed by atoms with Crippen LogP contribution in [-0.2, 0) is 16.0 Å². The summed E-state index contributed by atoms with van der Waals surface area (Å²) in [5, 5.41) is 10.3. The molecule has 0 amide bonds. The Labute approximate surface area is 100.0 Å². The van der Waals surface area contributed by atoms with E-state index in [1.807, 2.05) is 6.92 Å². The number of carbonyl (C=O) groups is 1. The van der Waals surface area contributed by atoms with Crippen LogP contribution in [0.5, 0.6) is 5.75 Å². The monoisotopic (exact) mass is 242 g/mol. The number of aryl methyl sites for hydroxylation is 1. The van der Waals surface area contributed by atoms with Crippen molar-refractivity contribution < 1.29 is 14.6 Å². The van der Waals surface area contributed by atoms with Crippen molar-refractivity contribution in [3.05, 3.63) is 27.8 Å². The molecule has 0 saturated heterocycles. The molecule has 0 aliphatic rings. The lowest BCUT2D eigenvalue weighted by Crippen LogP contribution is -2.09. The molecule has 1 aromatic carbocycles. The van der Waals surface area contributed by atoms with Crippen molar-refractivity contribution in [3.63, 3.8) is 0 Å². The highest BCUT2D eigenvalue weighted by molar-refractivity contribution is 6.32. The van der Waals surface area contributed by atoms with E-state index in [-0.39, 0.29) is 18.1 Å². The molecule has 88 valence electrons. The van der Waals surface area contributed by atoms with Gasteiger partial charge in [-0.1, -0.05) is 11.6 Å². The van der Waals surface area contributed by atoms with E-state index in [1.54, 1.807) is 19.9 Å². The molecular formula is C12H15ClO3. The fourth-order valence-corrected chi connectivity index (χ4v) is 1.72.